The van der Waals surface area contributed by atoms with E-state index in [-0.39, 0.29) is 16.7 Å². The van der Waals surface area contributed by atoms with Gasteiger partial charge in [0.1, 0.15) is 5.75 Å². The summed E-state index contributed by atoms with van der Waals surface area (Å²) in [6, 6.07) is 11.4. The molecule has 102 valence electrons. The highest BCUT2D eigenvalue weighted by atomic mass is 16.5. The molecule has 5 heteroatoms. The quantitative estimate of drug-likeness (QED) is 0.894. The van der Waals surface area contributed by atoms with Crippen molar-refractivity contribution < 1.29 is 24.5 Å². The zero-order valence-corrected chi connectivity index (χ0v) is 10.7. The molecule has 0 radical (unpaired) electrons. The molecule has 0 aliphatic heterocycles. The van der Waals surface area contributed by atoms with E-state index in [1.54, 1.807) is 30.3 Å². The zero-order valence-electron chi connectivity index (χ0n) is 10.7. The van der Waals surface area contributed by atoms with E-state index in [0.29, 0.717) is 11.3 Å². The standard InChI is InChI=1S/C15H12O5/c1-20-11-8-7-10(14(16)17)13(15(18)19)12(11)9-5-3-2-4-6-9/h2-8H,1H3,(H,16,17)(H,18,19). The lowest BCUT2D eigenvalue weighted by atomic mass is 9.94. The van der Waals surface area contributed by atoms with E-state index in [0.717, 1.165) is 0 Å². The molecule has 0 aliphatic carbocycles. The lowest BCUT2D eigenvalue weighted by Gasteiger charge is -2.14. The van der Waals surface area contributed by atoms with Crippen molar-refractivity contribution in [3.8, 4) is 16.9 Å². The van der Waals surface area contributed by atoms with Gasteiger partial charge in [-0.15, -0.1) is 0 Å². The fourth-order valence-corrected chi connectivity index (χ4v) is 2.05. The van der Waals surface area contributed by atoms with Crippen molar-refractivity contribution in [1.29, 1.82) is 0 Å². The number of carboxylic acids is 2. The molecule has 0 saturated heterocycles. The van der Waals surface area contributed by atoms with Crippen LogP contribution in [0.3, 0.4) is 0 Å². The van der Waals surface area contributed by atoms with Crippen molar-refractivity contribution in [2.24, 2.45) is 0 Å². The van der Waals surface area contributed by atoms with Crippen LogP contribution in [0.1, 0.15) is 20.7 Å². The predicted molar refractivity (Wildman–Crippen MR) is 72.3 cm³/mol. The van der Waals surface area contributed by atoms with E-state index in [4.69, 9.17) is 9.84 Å². The summed E-state index contributed by atoms with van der Waals surface area (Å²) in [4.78, 5) is 22.7. The molecular weight excluding hydrogens is 260 g/mol. The molecule has 2 rings (SSSR count). The summed E-state index contributed by atoms with van der Waals surface area (Å²) < 4.78 is 5.17. The summed E-state index contributed by atoms with van der Waals surface area (Å²) in [6.45, 7) is 0. The smallest absolute Gasteiger partial charge is 0.337 e. The van der Waals surface area contributed by atoms with Gasteiger partial charge >= 0.3 is 11.9 Å². The Balaban J connectivity index is 2.85. The molecule has 0 amide bonds. The Morgan fingerprint density at radius 3 is 2.10 bits per heavy atom. The Morgan fingerprint density at radius 1 is 0.950 bits per heavy atom. The summed E-state index contributed by atoms with van der Waals surface area (Å²) in [7, 11) is 1.41. The molecule has 0 heterocycles. The molecule has 0 atom stereocenters. The van der Waals surface area contributed by atoms with Crippen LogP contribution in [-0.2, 0) is 0 Å². The molecule has 20 heavy (non-hydrogen) atoms. The molecule has 0 saturated carbocycles. The maximum atomic E-state index is 11.5. The van der Waals surface area contributed by atoms with Crippen LogP contribution in [0.25, 0.3) is 11.1 Å². The van der Waals surface area contributed by atoms with E-state index < -0.39 is 11.9 Å². The van der Waals surface area contributed by atoms with Crippen LogP contribution in [0, 0.1) is 0 Å². The first-order valence-corrected chi connectivity index (χ1v) is 5.79. The Hall–Kier alpha value is -2.82. The van der Waals surface area contributed by atoms with Crippen molar-refractivity contribution in [2.45, 2.75) is 0 Å². The lowest BCUT2D eigenvalue weighted by molar-refractivity contribution is 0.0652. The Labute approximate surface area is 115 Å². The second-order valence-corrected chi connectivity index (χ2v) is 4.04. The third-order valence-corrected chi connectivity index (χ3v) is 2.89. The first kappa shape index (κ1) is 13.6. The number of carboxylic acid groups (broad SMARTS) is 2. The summed E-state index contributed by atoms with van der Waals surface area (Å²) in [6.07, 6.45) is 0. The fourth-order valence-electron chi connectivity index (χ4n) is 2.05. The Bertz CT molecular complexity index is 661. The van der Waals surface area contributed by atoms with E-state index >= 15 is 0 Å². The molecular formula is C15H12O5. The fraction of sp³-hybridized carbons (Fsp3) is 0.0667. The van der Waals surface area contributed by atoms with Crippen molar-refractivity contribution in [2.75, 3.05) is 7.11 Å². The van der Waals surface area contributed by atoms with Gasteiger partial charge in [0.15, 0.2) is 0 Å². The van der Waals surface area contributed by atoms with Crippen LogP contribution >= 0.6 is 0 Å². The second kappa shape index (κ2) is 5.44. The number of carbonyl (C=O) groups is 2. The largest absolute Gasteiger partial charge is 0.496 e. The van der Waals surface area contributed by atoms with Gasteiger partial charge in [-0.3, -0.25) is 0 Å². The summed E-state index contributed by atoms with van der Waals surface area (Å²) in [5.74, 6) is -2.28. The second-order valence-electron chi connectivity index (χ2n) is 4.04. The number of methoxy groups -OCH3 is 1. The topological polar surface area (TPSA) is 83.8 Å². The predicted octanol–water partition coefficient (Wildman–Crippen LogP) is 2.76. The first-order valence-electron chi connectivity index (χ1n) is 5.79. The zero-order chi connectivity index (χ0) is 14.7. The molecule has 0 aromatic heterocycles. The van der Waals surface area contributed by atoms with Gasteiger partial charge in [-0.05, 0) is 17.7 Å². The van der Waals surface area contributed by atoms with Crippen LogP contribution in [0.5, 0.6) is 5.75 Å². The van der Waals surface area contributed by atoms with Crippen LogP contribution in [-0.4, -0.2) is 29.3 Å². The van der Waals surface area contributed by atoms with E-state index in [9.17, 15) is 14.7 Å². The maximum absolute atomic E-state index is 11.5. The molecule has 2 aromatic carbocycles. The van der Waals surface area contributed by atoms with Gasteiger partial charge in [0.2, 0.25) is 0 Å². The summed E-state index contributed by atoms with van der Waals surface area (Å²) >= 11 is 0. The lowest BCUT2D eigenvalue weighted by Crippen LogP contribution is -2.10. The maximum Gasteiger partial charge on any atom is 0.337 e. The number of hydrogen-bond acceptors (Lipinski definition) is 3. The minimum Gasteiger partial charge on any atom is -0.496 e. The van der Waals surface area contributed by atoms with E-state index in [1.807, 2.05) is 0 Å². The van der Waals surface area contributed by atoms with Gasteiger partial charge in [-0.25, -0.2) is 9.59 Å². The number of benzene rings is 2. The normalized spacial score (nSPS) is 10.1. The van der Waals surface area contributed by atoms with Crippen molar-refractivity contribution in [3.05, 3.63) is 53.6 Å². The molecule has 0 bridgehead atoms. The van der Waals surface area contributed by atoms with Gasteiger partial charge in [-0.1, -0.05) is 30.3 Å². The van der Waals surface area contributed by atoms with Gasteiger partial charge in [0.05, 0.1) is 18.2 Å². The number of aromatic carboxylic acids is 2. The molecule has 0 unspecified atom stereocenters. The monoisotopic (exact) mass is 272 g/mol. The van der Waals surface area contributed by atoms with E-state index in [2.05, 4.69) is 0 Å². The molecule has 0 spiro atoms. The Kier molecular flexibility index (Phi) is 3.70. The third kappa shape index (κ3) is 2.33. The highest BCUT2D eigenvalue weighted by Crippen LogP contribution is 2.35. The van der Waals surface area contributed by atoms with E-state index in [1.165, 1.54) is 19.2 Å². The average Bonchev–Trinajstić information content (AvgIpc) is 2.46. The minimum atomic E-state index is -1.31. The summed E-state index contributed by atoms with van der Waals surface area (Å²) in [5, 5.41) is 18.5. The third-order valence-electron chi connectivity index (χ3n) is 2.89. The minimum absolute atomic E-state index is 0.264. The van der Waals surface area contributed by atoms with Crippen molar-refractivity contribution >= 4 is 11.9 Å². The SMILES string of the molecule is COc1ccc(C(=O)O)c(C(=O)O)c1-c1ccccc1. The van der Waals surface area contributed by atoms with Crippen LogP contribution in [0.4, 0.5) is 0 Å². The molecule has 5 nitrogen and oxygen atoms in total. The number of hydrogen-bond donors (Lipinski definition) is 2. The number of ether oxygens (including phenoxy) is 1. The van der Waals surface area contributed by atoms with Crippen molar-refractivity contribution in [3.63, 3.8) is 0 Å². The van der Waals surface area contributed by atoms with Crippen molar-refractivity contribution in [1.82, 2.24) is 0 Å². The number of rotatable bonds is 4. The molecule has 0 fully saturated rings. The average molecular weight is 272 g/mol. The van der Waals surface area contributed by atoms with Crippen LogP contribution in [0.2, 0.25) is 0 Å². The van der Waals surface area contributed by atoms with Gasteiger partial charge < -0.3 is 14.9 Å². The van der Waals surface area contributed by atoms with Gasteiger partial charge in [0.25, 0.3) is 0 Å². The highest BCUT2D eigenvalue weighted by molar-refractivity contribution is 6.07. The highest BCUT2D eigenvalue weighted by Gasteiger charge is 2.24. The molecule has 2 N–H and O–H groups in total. The summed E-state index contributed by atoms with van der Waals surface area (Å²) in [5.41, 5.74) is 0.311. The van der Waals surface area contributed by atoms with Gasteiger partial charge in [0, 0.05) is 5.56 Å². The first-order chi connectivity index (χ1) is 9.56. The Morgan fingerprint density at radius 2 is 1.60 bits per heavy atom. The van der Waals surface area contributed by atoms with Crippen LogP contribution in [0.15, 0.2) is 42.5 Å². The molecule has 2 aromatic rings. The molecule has 0 aliphatic rings. The van der Waals surface area contributed by atoms with Crippen LogP contribution < -0.4 is 4.74 Å². The van der Waals surface area contributed by atoms with Gasteiger partial charge in [-0.2, -0.15) is 0 Å².